The minimum Gasteiger partial charge on any atom is -0.399 e. The van der Waals surface area contributed by atoms with Crippen molar-refractivity contribution in [3.8, 4) is 0 Å². The molecule has 1 aromatic rings. The van der Waals surface area contributed by atoms with Gasteiger partial charge in [-0.15, -0.1) is 0 Å². The maximum atomic E-state index is 6.21. The third kappa shape index (κ3) is 4.23. The molecule has 1 aromatic carbocycles. The highest BCUT2D eigenvalue weighted by Crippen LogP contribution is 2.49. The summed E-state index contributed by atoms with van der Waals surface area (Å²) in [6.07, 6.45) is 1.18. The van der Waals surface area contributed by atoms with Crippen molar-refractivity contribution in [2.24, 2.45) is 0 Å². The van der Waals surface area contributed by atoms with Gasteiger partial charge < -0.3 is 9.31 Å². The van der Waals surface area contributed by atoms with Crippen LogP contribution in [0.5, 0.6) is 0 Å². The minimum absolute atomic E-state index is 0.207. The van der Waals surface area contributed by atoms with Gasteiger partial charge in [-0.2, -0.15) is 0 Å². The molecule has 1 saturated heterocycles. The van der Waals surface area contributed by atoms with Crippen LogP contribution < -0.4 is 5.46 Å². The summed E-state index contributed by atoms with van der Waals surface area (Å²) >= 11 is 8.66. The third-order valence-electron chi connectivity index (χ3n) is 5.94. The monoisotopic (exact) mass is 428 g/mol. The molecular formula is C19H29BO2S4. The SMILES string of the molecule is CC1(C)CC(C)(C)c2cc(B3OC(C)(C)C(C)(C)O3)ccc21.S=S=S=S. The molecule has 0 saturated carbocycles. The van der Waals surface area contributed by atoms with Gasteiger partial charge in [0.25, 0.3) is 0 Å². The lowest BCUT2D eigenvalue weighted by Gasteiger charge is -2.32. The molecule has 2 nitrogen and oxygen atoms in total. The lowest BCUT2D eigenvalue weighted by Crippen LogP contribution is -2.41. The number of hydrogen-bond donors (Lipinski definition) is 0. The van der Waals surface area contributed by atoms with Crippen molar-refractivity contribution < 1.29 is 9.31 Å². The molecule has 1 fully saturated rings. The molecule has 3 rings (SSSR count). The van der Waals surface area contributed by atoms with E-state index in [0.29, 0.717) is 0 Å². The minimum atomic E-state index is -0.286. The van der Waals surface area contributed by atoms with Crippen LogP contribution in [0, 0.1) is 0 Å². The zero-order chi connectivity index (χ0) is 20.0. The normalized spacial score (nSPS) is 23.6. The smallest absolute Gasteiger partial charge is 0.399 e. The molecule has 1 heterocycles. The fourth-order valence-corrected chi connectivity index (χ4v) is 4.13. The van der Waals surface area contributed by atoms with Gasteiger partial charge in [0, 0.05) is 40.1 Å². The predicted molar refractivity (Wildman–Crippen MR) is 122 cm³/mol. The van der Waals surface area contributed by atoms with Gasteiger partial charge in [0.1, 0.15) is 0 Å². The van der Waals surface area contributed by atoms with E-state index < -0.39 is 0 Å². The summed E-state index contributed by atoms with van der Waals surface area (Å²) in [5.74, 6) is 0. The molecule has 1 aliphatic heterocycles. The van der Waals surface area contributed by atoms with Crippen molar-refractivity contribution in [3.63, 3.8) is 0 Å². The summed E-state index contributed by atoms with van der Waals surface area (Å²) in [6, 6.07) is 6.78. The van der Waals surface area contributed by atoms with E-state index in [9.17, 15) is 0 Å². The Kier molecular flexibility index (Phi) is 6.44. The van der Waals surface area contributed by atoms with Crippen molar-refractivity contribution in [2.45, 2.75) is 83.8 Å². The molecule has 7 heteroatoms. The van der Waals surface area contributed by atoms with E-state index in [2.05, 4.69) is 96.0 Å². The summed E-state index contributed by atoms with van der Waals surface area (Å²) in [6.45, 7) is 17.8. The fraction of sp³-hybridized carbons (Fsp3) is 0.684. The molecule has 0 amide bonds. The lowest BCUT2D eigenvalue weighted by molar-refractivity contribution is 0.00578. The van der Waals surface area contributed by atoms with Crippen LogP contribution in [0.3, 0.4) is 0 Å². The van der Waals surface area contributed by atoms with E-state index in [-0.39, 0.29) is 29.2 Å². The molecule has 0 radical (unpaired) electrons. The molecule has 26 heavy (non-hydrogen) atoms. The molecule has 0 spiro atoms. The van der Waals surface area contributed by atoms with Crippen LogP contribution in [0.4, 0.5) is 0 Å². The fourth-order valence-electron chi connectivity index (χ4n) is 4.13. The summed E-state index contributed by atoms with van der Waals surface area (Å²) in [7, 11) is 2.07. The molecule has 2 aliphatic rings. The van der Waals surface area contributed by atoms with Gasteiger partial charge >= 0.3 is 7.12 Å². The van der Waals surface area contributed by atoms with E-state index in [1.807, 2.05) is 0 Å². The van der Waals surface area contributed by atoms with Gasteiger partial charge in [0.05, 0.1) is 11.2 Å². The Morgan fingerprint density at radius 3 is 1.73 bits per heavy atom. The van der Waals surface area contributed by atoms with Gasteiger partial charge in [-0.05, 0) is 61.5 Å². The Hall–Kier alpha value is 0.0849. The Balaban J connectivity index is 0.000000552. The van der Waals surface area contributed by atoms with Crippen LogP contribution in [0.15, 0.2) is 18.2 Å². The molecule has 144 valence electrons. The van der Waals surface area contributed by atoms with Gasteiger partial charge in [0.15, 0.2) is 0 Å². The average molecular weight is 429 g/mol. The molecule has 0 unspecified atom stereocenters. The van der Waals surface area contributed by atoms with Crippen LogP contribution in [0.25, 0.3) is 0 Å². The first-order valence-electron chi connectivity index (χ1n) is 8.86. The summed E-state index contributed by atoms with van der Waals surface area (Å²) < 4.78 is 12.4. The predicted octanol–water partition coefficient (Wildman–Crippen LogP) is 3.94. The first-order valence-corrected chi connectivity index (χ1v) is 12.9. The molecule has 0 bridgehead atoms. The largest absolute Gasteiger partial charge is 0.494 e. The van der Waals surface area contributed by atoms with E-state index in [1.54, 1.807) is 0 Å². The molecule has 1 aliphatic carbocycles. The first kappa shape index (κ1) is 22.4. The van der Waals surface area contributed by atoms with Gasteiger partial charge in [-0.25, -0.2) is 0 Å². The van der Waals surface area contributed by atoms with Crippen molar-refractivity contribution >= 4 is 52.7 Å². The van der Waals surface area contributed by atoms with E-state index >= 15 is 0 Å². The topological polar surface area (TPSA) is 18.5 Å². The molecule has 0 N–H and O–H groups in total. The van der Waals surface area contributed by atoms with Crippen molar-refractivity contribution in [1.82, 2.24) is 0 Å². The zero-order valence-corrected chi connectivity index (χ0v) is 20.2. The van der Waals surface area contributed by atoms with Gasteiger partial charge in [-0.1, -0.05) is 45.9 Å². The van der Waals surface area contributed by atoms with Crippen LogP contribution in [0.2, 0.25) is 0 Å². The highest BCUT2D eigenvalue weighted by atomic mass is 33.2. The molecular weight excluding hydrogens is 399 g/mol. The summed E-state index contributed by atoms with van der Waals surface area (Å²) in [5, 5.41) is 0. The number of benzene rings is 1. The third-order valence-corrected chi connectivity index (χ3v) is 8.16. The van der Waals surface area contributed by atoms with E-state index in [1.165, 1.54) is 35.3 Å². The van der Waals surface area contributed by atoms with Crippen molar-refractivity contribution in [1.29, 1.82) is 0 Å². The summed E-state index contributed by atoms with van der Waals surface area (Å²) in [5.41, 5.74) is 3.94. The average Bonchev–Trinajstić information content (AvgIpc) is 2.85. The number of fused-ring (bicyclic) bond motifs is 1. The van der Waals surface area contributed by atoms with Gasteiger partial charge in [0.2, 0.25) is 0 Å². The molecule has 0 atom stereocenters. The van der Waals surface area contributed by atoms with Crippen molar-refractivity contribution in [3.05, 3.63) is 29.3 Å². The Morgan fingerprint density at radius 1 is 0.808 bits per heavy atom. The standard InChI is InChI=1S/C19H29BO2.S4/c1-16(2)12-17(3,4)15-11-13(9-10-14(15)16)20-21-18(5,6)19(7,8)22-20;1-3-4-2/h9-11H,12H2,1-8H3;. The summed E-state index contributed by atoms with van der Waals surface area (Å²) in [4.78, 5) is 0. The van der Waals surface area contributed by atoms with Crippen LogP contribution in [0.1, 0.15) is 72.9 Å². The van der Waals surface area contributed by atoms with E-state index in [4.69, 9.17) is 9.31 Å². The number of rotatable bonds is 1. The zero-order valence-electron chi connectivity index (χ0n) is 17.0. The maximum absolute atomic E-state index is 6.21. The van der Waals surface area contributed by atoms with E-state index in [0.717, 1.165) is 5.46 Å². The van der Waals surface area contributed by atoms with Gasteiger partial charge in [-0.3, -0.25) is 0 Å². The Labute approximate surface area is 174 Å². The van der Waals surface area contributed by atoms with Crippen LogP contribution in [-0.4, -0.2) is 18.3 Å². The lowest BCUT2D eigenvalue weighted by atomic mass is 9.75. The quantitative estimate of drug-likeness (QED) is 0.631. The number of hydrogen-bond acceptors (Lipinski definition) is 4. The Bertz CT molecular complexity index is 750. The van der Waals surface area contributed by atoms with Crippen LogP contribution in [-0.2, 0) is 60.3 Å². The Morgan fingerprint density at radius 2 is 1.27 bits per heavy atom. The molecule has 0 aromatic heterocycles. The second-order valence-electron chi connectivity index (χ2n) is 9.47. The van der Waals surface area contributed by atoms with Crippen molar-refractivity contribution in [2.75, 3.05) is 0 Å². The highest BCUT2D eigenvalue weighted by molar-refractivity contribution is 8.51. The second-order valence-corrected chi connectivity index (χ2v) is 13.0. The maximum Gasteiger partial charge on any atom is 0.494 e. The first-order chi connectivity index (χ1) is 11.8. The highest BCUT2D eigenvalue weighted by Gasteiger charge is 2.52. The van der Waals surface area contributed by atoms with Crippen LogP contribution >= 0.6 is 0 Å². The second kappa shape index (κ2) is 7.49.